The van der Waals surface area contributed by atoms with Gasteiger partial charge < -0.3 is 5.32 Å². The van der Waals surface area contributed by atoms with Gasteiger partial charge in [-0.1, -0.05) is 6.07 Å². The van der Waals surface area contributed by atoms with Crippen molar-refractivity contribution in [2.24, 2.45) is 0 Å². The van der Waals surface area contributed by atoms with E-state index in [9.17, 15) is 4.79 Å². The highest BCUT2D eigenvalue weighted by molar-refractivity contribution is 9.10. The summed E-state index contributed by atoms with van der Waals surface area (Å²) in [5.74, 6) is -0.109. The lowest BCUT2D eigenvalue weighted by Gasteiger charge is -2.23. The third-order valence-corrected chi connectivity index (χ3v) is 3.71. The number of hydrogen-bond donors (Lipinski definition) is 1. The van der Waals surface area contributed by atoms with Crippen molar-refractivity contribution < 1.29 is 4.79 Å². The minimum Gasteiger partial charge on any atom is -0.349 e. The second-order valence-corrected chi connectivity index (χ2v) is 5.46. The number of carbonyl (C=O) groups excluding carboxylic acids is 1. The summed E-state index contributed by atoms with van der Waals surface area (Å²) in [6.07, 6.45) is 2.54. The van der Waals surface area contributed by atoms with Gasteiger partial charge in [0.2, 0.25) is 0 Å². The molecule has 1 aliphatic heterocycles. The van der Waals surface area contributed by atoms with Crippen LogP contribution in [0.5, 0.6) is 0 Å². The van der Waals surface area contributed by atoms with Crippen LogP contribution in [-0.2, 0) is 0 Å². The Kier molecular flexibility index (Phi) is 4.72. The topological polar surface area (TPSA) is 45.2 Å². The SMILES string of the molecule is CC(CNC(=O)c1cccc(Br)n1)N1CCCC1. The molecule has 5 heteroatoms. The summed E-state index contributed by atoms with van der Waals surface area (Å²) in [4.78, 5) is 18.5. The highest BCUT2D eigenvalue weighted by Crippen LogP contribution is 2.11. The second-order valence-electron chi connectivity index (χ2n) is 4.65. The van der Waals surface area contributed by atoms with E-state index in [1.807, 2.05) is 12.1 Å². The Bertz CT molecular complexity index is 418. The fourth-order valence-corrected chi connectivity index (χ4v) is 2.52. The van der Waals surface area contributed by atoms with E-state index in [-0.39, 0.29) is 5.91 Å². The van der Waals surface area contributed by atoms with Gasteiger partial charge in [0.1, 0.15) is 10.3 Å². The Labute approximate surface area is 116 Å². The molecule has 0 saturated carbocycles. The van der Waals surface area contributed by atoms with Crippen LogP contribution in [-0.4, -0.2) is 41.5 Å². The monoisotopic (exact) mass is 311 g/mol. The molecule has 1 amide bonds. The van der Waals surface area contributed by atoms with Crippen LogP contribution in [0.4, 0.5) is 0 Å². The zero-order valence-electron chi connectivity index (χ0n) is 10.5. The second kappa shape index (κ2) is 6.29. The first-order chi connectivity index (χ1) is 8.66. The maximum Gasteiger partial charge on any atom is 0.269 e. The van der Waals surface area contributed by atoms with Gasteiger partial charge in [-0.25, -0.2) is 4.98 Å². The van der Waals surface area contributed by atoms with E-state index in [2.05, 4.69) is 38.1 Å². The zero-order chi connectivity index (χ0) is 13.0. The van der Waals surface area contributed by atoms with E-state index in [1.54, 1.807) is 6.07 Å². The molecule has 4 nitrogen and oxygen atoms in total. The summed E-state index contributed by atoms with van der Waals surface area (Å²) in [5, 5.41) is 2.94. The molecule has 0 radical (unpaired) electrons. The van der Waals surface area contributed by atoms with Crippen molar-refractivity contribution in [3.05, 3.63) is 28.5 Å². The van der Waals surface area contributed by atoms with Gasteiger partial charge in [-0.3, -0.25) is 9.69 Å². The molecule has 0 aromatic carbocycles. The molecule has 1 saturated heterocycles. The summed E-state index contributed by atoms with van der Waals surface area (Å²) in [5.41, 5.74) is 0.456. The Balaban J connectivity index is 1.84. The Hall–Kier alpha value is -0.940. The molecule has 0 bridgehead atoms. The Morgan fingerprint density at radius 3 is 2.89 bits per heavy atom. The number of aromatic nitrogens is 1. The smallest absolute Gasteiger partial charge is 0.269 e. The molecule has 1 fully saturated rings. The average Bonchev–Trinajstić information content (AvgIpc) is 2.89. The standard InChI is InChI=1S/C13H18BrN3O/c1-10(17-7-2-3-8-17)9-15-13(18)11-5-4-6-12(14)16-11/h4-6,10H,2-3,7-9H2,1H3,(H,15,18). The van der Waals surface area contributed by atoms with E-state index >= 15 is 0 Å². The number of amides is 1. The van der Waals surface area contributed by atoms with Crippen LogP contribution < -0.4 is 5.32 Å². The molecule has 98 valence electrons. The predicted molar refractivity (Wildman–Crippen MR) is 74.5 cm³/mol. The van der Waals surface area contributed by atoms with Crippen LogP contribution in [0.2, 0.25) is 0 Å². The molecular formula is C13H18BrN3O. The molecule has 1 aromatic heterocycles. The van der Waals surface area contributed by atoms with Gasteiger partial charge in [0, 0.05) is 12.6 Å². The third kappa shape index (κ3) is 3.53. The summed E-state index contributed by atoms with van der Waals surface area (Å²) in [7, 11) is 0. The van der Waals surface area contributed by atoms with E-state index in [4.69, 9.17) is 0 Å². The summed E-state index contributed by atoms with van der Waals surface area (Å²) >= 11 is 3.27. The van der Waals surface area contributed by atoms with Crippen molar-refractivity contribution in [2.75, 3.05) is 19.6 Å². The van der Waals surface area contributed by atoms with E-state index in [0.29, 0.717) is 22.9 Å². The molecule has 1 aliphatic rings. The molecular weight excluding hydrogens is 294 g/mol. The fraction of sp³-hybridized carbons (Fsp3) is 0.538. The number of pyridine rings is 1. The van der Waals surface area contributed by atoms with Crippen molar-refractivity contribution in [2.45, 2.75) is 25.8 Å². The van der Waals surface area contributed by atoms with Crippen molar-refractivity contribution in [3.63, 3.8) is 0 Å². The number of likely N-dealkylation sites (tertiary alicyclic amines) is 1. The molecule has 0 spiro atoms. The maximum absolute atomic E-state index is 11.9. The number of nitrogens with zero attached hydrogens (tertiary/aromatic N) is 2. The van der Waals surface area contributed by atoms with Crippen molar-refractivity contribution in [3.8, 4) is 0 Å². The van der Waals surface area contributed by atoms with Crippen LogP contribution in [0, 0.1) is 0 Å². The highest BCUT2D eigenvalue weighted by atomic mass is 79.9. The van der Waals surface area contributed by atoms with Gasteiger partial charge in [0.25, 0.3) is 5.91 Å². The number of rotatable bonds is 4. The lowest BCUT2D eigenvalue weighted by molar-refractivity contribution is 0.0935. The Morgan fingerprint density at radius 1 is 1.50 bits per heavy atom. The van der Waals surface area contributed by atoms with Crippen LogP contribution in [0.25, 0.3) is 0 Å². The van der Waals surface area contributed by atoms with Gasteiger partial charge in [-0.15, -0.1) is 0 Å². The van der Waals surface area contributed by atoms with Crippen LogP contribution in [0.3, 0.4) is 0 Å². The largest absolute Gasteiger partial charge is 0.349 e. The molecule has 1 aromatic rings. The van der Waals surface area contributed by atoms with Crippen LogP contribution >= 0.6 is 15.9 Å². The first kappa shape index (κ1) is 13.5. The Morgan fingerprint density at radius 2 is 2.22 bits per heavy atom. The lowest BCUT2D eigenvalue weighted by Crippen LogP contribution is -2.40. The van der Waals surface area contributed by atoms with Crippen LogP contribution in [0.15, 0.2) is 22.8 Å². The number of halogens is 1. The maximum atomic E-state index is 11.9. The summed E-state index contributed by atoms with van der Waals surface area (Å²) in [6, 6.07) is 5.74. The van der Waals surface area contributed by atoms with E-state index in [1.165, 1.54) is 12.8 Å². The summed E-state index contributed by atoms with van der Waals surface area (Å²) < 4.78 is 0.683. The van der Waals surface area contributed by atoms with Crippen molar-refractivity contribution in [1.29, 1.82) is 0 Å². The molecule has 1 unspecified atom stereocenters. The highest BCUT2D eigenvalue weighted by Gasteiger charge is 2.18. The molecule has 1 N–H and O–H groups in total. The van der Waals surface area contributed by atoms with Gasteiger partial charge in [0.15, 0.2) is 0 Å². The molecule has 2 heterocycles. The first-order valence-electron chi connectivity index (χ1n) is 6.31. The molecule has 1 atom stereocenters. The van der Waals surface area contributed by atoms with Crippen molar-refractivity contribution >= 4 is 21.8 Å². The van der Waals surface area contributed by atoms with Gasteiger partial charge >= 0.3 is 0 Å². The lowest BCUT2D eigenvalue weighted by atomic mass is 10.3. The fourth-order valence-electron chi connectivity index (χ4n) is 2.18. The number of nitrogens with one attached hydrogen (secondary N) is 1. The average molecular weight is 312 g/mol. The first-order valence-corrected chi connectivity index (χ1v) is 7.11. The normalized spacial score (nSPS) is 17.7. The van der Waals surface area contributed by atoms with Gasteiger partial charge in [0.05, 0.1) is 0 Å². The quantitative estimate of drug-likeness (QED) is 0.866. The molecule has 2 rings (SSSR count). The van der Waals surface area contributed by atoms with Gasteiger partial charge in [-0.05, 0) is 60.9 Å². The molecule has 0 aliphatic carbocycles. The van der Waals surface area contributed by atoms with Gasteiger partial charge in [-0.2, -0.15) is 0 Å². The zero-order valence-corrected chi connectivity index (χ0v) is 12.1. The van der Waals surface area contributed by atoms with E-state index < -0.39 is 0 Å². The number of hydrogen-bond acceptors (Lipinski definition) is 3. The van der Waals surface area contributed by atoms with E-state index in [0.717, 1.165) is 13.1 Å². The minimum atomic E-state index is -0.109. The van der Waals surface area contributed by atoms with Crippen molar-refractivity contribution in [1.82, 2.24) is 15.2 Å². The number of carbonyl (C=O) groups is 1. The minimum absolute atomic E-state index is 0.109. The predicted octanol–water partition coefficient (Wildman–Crippen LogP) is 2.06. The summed E-state index contributed by atoms with van der Waals surface area (Å²) in [6.45, 7) is 5.12. The van der Waals surface area contributed by atoms with Crippen LogP contribution in [0.1, 0.15) is 30.3 Å². The third-order valence-electron chi connectivity index (χ3n) is 3.27. The molecule has 18 heavy (non-hydrogen) atoms.